The molecule has 0 fully saturated rings. The summed E-state index contributed by atoms with van der Waals surface area (Å²) in [4.78, 5) is 11.5. The molecule has 5 nitrogen and oxygen atoms in total. The molecule has 2 aromatic heterocycles. The Kier molecular flexibility index (Phi) is 2.55. The third-order valence-corrected chi connectivity index (χ3v) is 2.24. The maximum Gasteiger partial charge on any atom is 0.328 e. The van der Waals surface area contributed by atoms with Gasteiger partial charge in [0.1, 0.15) is 0 Å². The van der Waals surface area contributed by atoms with Crippen molar-refractivity contribution in [1.82, 2.24) is 19.3 Å². The van der Waals surface area contributed by atoms with Gasteiger partial charge in [0.2, 0.25) is 0 Å². The van der Waals surface area contributed by atoms with E-state index in [2.05, 4.69) is 10.2 Å². The number of hydrogen-bond acceptors (Lipinski definition) is 3. The van der Waals surface area contributed by atoms with E-state index in [0.717, 1.165) is 0 Å². The van der Waals surface area contributed by atoms with E-state index in [-0.39, 0.29) is 5.69 Å². The summed E-state index contributed by atoms with van der Waals surface area (Å²) in [6, 6.07) is 3.40. The Morgan fingerprint density at radius 1 is 1.33 bits per heavy atom. The molecule has 0 spiro atoms. The molecular formula is C9H9ClN4O. The van der Waals surface area contributed by atoms with Crippen molar-refractivity contribution in [3.8, 4) is 0 Å². The lowest BCUT2D eigenvalue weighted by atomic mass is 10.4. The van der Waals surface area contributed by atoms with Crippen LogP contribution in [0.4, 0.5) is 0 Å². The van der Waals surface area contributed by atoms with Crippen LogP contribution in [0, 0.1) is 0 Å². The number of hydrogen-bond donors (Lipinski definition) is 0. The molecule has 0 saturated heterocycles. The Morgan fingerprint density at radius 3 is 2.67 bits per heavy atom. The first-order valence-corrected chi connectivity index (χ1v) is 4.74. The molecule has 0 atom stereocenters. The summed E-state index contributed by atoms with van der Waals surface area (Å²) in [7, 11) is 1.70. The summed E-state index contributed by atoms with van der Waals surface area (Å²) in [5, 5.41) is 7.92. The molecule has 2 aromatic rings. The fourth-order valence-corrected chi connectivity index (χ4v) is 1.33. The first kappa shape index (κ1) is 9.92. The van der Waals surface area contributed by atoms with E-state index in [1.165, 1.54) is 4.57 Å². The number of rotatable bonds is 2. The van der Waals surface area contributed by atoms with Gasteiger partial charge in [-0.05, 0) is 12.1 Å². The highest BCUT2D eigenvalue weighted by atomic mass is 35.5. The minimum Gasteiger partial charge on any atom is -0.302 e. The van der Waals surface area contributed by atoms with Crippen molar-refractivity contribution >= 4 is 11.6 Å². The molecule has 2 rings (SSSR count). The fraction of sp³-hybridized carbons (Fsp3) is 0.222. The molecule has 0 saturated carbocycles. The molecule has 6 heteroatoms. The topological polar surface area (TPSA) is 52.7 Å². The summed E-state index contributed by atoms with van der Waals surface area (Å²) in [5.74, 6) is 0. The summed E-state index contributed by atoms with van der Waals surface area (Å²) in [6.07, 6.45) is 3.41. The van der Waals surface area contributed by atoms with Gasteiger partial charge < -0.3 is 4.57 Å². The van der Waals surface area contributed by atoms with Gasteiger partial charge in [-0.25, -0.2) is 4.79 Å². The van der Waals surface area contributed by atoms with Gasteiger partial charge >= 0.3 is 5.69 Å². The van der Waals surface area contributed by atoms with E-state index in [1.807, 2.05) is 0 Å². The van der Waals surface area contributed by atoms with Crippen molar-refractivity contribution in [2.24, 2.45) is 7.05 Å². The van der Waals surface area contributed by atoms with E-state index in [9.17, 15) is 4.79 Å². The molecule has 0 amide bonds. The van der Waals surface area contributed by atoms with Gasteiger partial charge in [0.05, 0.1) is 12.2 Å². The van der Waals surface area contributed by atoms with Crippen molar-refractivity contribution in [2.75, 3.05) is 0 Å². The largest absolute Gasteiger partial charge is 0.328 e. The van der Waals surface area contributed by atoms with Crippen LogP contribution in [-0.2, 0) is 13.6 Å². The zero-order valence-electron chi connectivity index (χ0n) is 8.09. The summed E-state index contributed by atoms with van der Waals surface area (Å²) in [6.45, 7) is 0.407. The van der Waals surface area contributed by atoms with Crippen molar-refractivity contribution in [3.05, 3.63) is 45.9 Å². The van der Waals surface area contributed by atoms with Crippen LogP contribution in [0.3, 0.4) is 0 Å². The Balaban J connectivity index is 2.26. The number of aryl methyl sites for hydroxylation is 1. The first-order valence-electron chi connectivity index (χ1n) is 4.36. The van der Waals surface area contributed by atoms with E-state index < -0.39 is 0 Å². The SMILES string of the molecule is Cn1ccn(Cc2ccc(Cl)nn2)c1=O. The third kappa shape index (κ3) is 2.07. The number of halogens is 1. The average molecular weight is 225 g/mol. The van der Waals surface area contributed by atoms with Gasteiger partial charge in [-0.1, -0.05) is 11.6 Å². The molecule has 0 bridgehead atoms. The minimum atomic E-state index is -0.0771. The predicted octanol–water partition coefficient (Wildman–Crippen LogP) is 0.678. The van der Waals surface area contributed by atoms with E-state index in [1.54, 1.807) is 36.1 Å². The smallest absolute Gasteiger partial charge is 0.302 e. The van der Waals surface area contributed by atoms with Crippen LogP contribution < -0.4 is 5.69 Å². The second-order valence-corrected chi connectivity index (χ2v) is 3.55. The minimum absolute atomic E-state index is 0.0771. The van der Waals surface area contributed by atoms with Crippen molar-refractivity contribution in [2.45, 2.75) is 6.54 Å². The lowest BCUT2D eigenvalue weighted by Gasteiger charge is -1.99. The quantitative estimate of drug-likeness (QED) is 0.754. The van der Waals surface area contributed by atoms with Gasteiger partial charge in [0.25, 0.3) is 0 Å². The highest BCUT2D eigenvalue weighted by molar-refractivity contribution is 6.29. The third-order valence-electron chi connectivity index (χ3n) is 2.04. The van der Waals surface area contributed by atoms with Crippen LogP contribution in [0.2, 0.25) is 5.15 Å². The van der Waals surface area contributed by atoms with Crippen LogP contribution in [0.1, 0.15) is 5.69 Å². The highest BCUT2D eigenvalue weighted by Gasteiger charge is 2.02. The molecule has 0 aliphatic heterocycles. The standard InChI is InChI=1S/C9H9ClN4O/c1-13-4-5-14(9(13)15)6-7-2-3-8(10)12-11-7/h2-5H,6H2,1H3. The molecule has 0 aromatic carbocycles. The Hall–Kier alpha value is -1.62. The first-order chi connectivity index (χ1) is 7.16. The van der Waals surface area contributed by atoms with Crippen LogP contribution in [0.25, 0.3) is 0 Å². The molecular weight excluding hydrogens is 216 g/mol. The monoisotopic (exact) mass is 224 g/mol. The number of imidazole rings is 1. The van der Waals surface area contributed by atoms with Gasteiger partial charge in [0.15, 0.2) is 5.15 Å². The van der Waals surface area contributed by atoms with Crippen LogP contribution in [-0.4, -0.2) is 19.3 Å². The average Bonchev–Trinajstić information content (AvgIpc) is 2.53. The molecule has 15 heavy (non-hydrogen) atoms. The van der Waals surface area contributed by atoms with E-state index >= 15 is 0 Å². The zero-order valence-corrected chi connectivity index (χ0v) is 8.85. The van der Waals surface area contributed by atoms with E-state index in [4.69, 9.17) is 11.6 Å². The van der Waals surface area contributed by atoms with E-state index in [0.29, 0.717) is 17.4 Å². The Morgan fingerprint density at radius 2 is 2.13 bits per heavy atom. The Labute approximate surface area is 90.9 Å². The normalized spacial score (nSPS) is 10.5. The zero-order chi connectivity index (χ0) is 10.8. The summed E-state index contributed by atoms with van der Waals surface area (Å²) < 4.78 is 3.06. The lowest BCUT2D eigenvalue weighted by molar-refractivity contribution is 0.694. The lowest BCUT2D eigenvalue weighted by Crippen LogP contribution is -2.22. The Bertz CT molecular complexity index is 514. The molecule has 0 N–H and O–H groups in total. The molecule has 0 aliphatic rings. The second-order valence-electron chi connectivity index (χ2n) is 3.17. The highest BCUT2D eigenvalue weighted by Crippen LogP contribution is 2.02. The van der Waals surface area contributed by atoms with Crippen molar-refractivity contribution < 1.29 is 0 Å². The van der Waals surface area contributed by atoms with Gasteiger partial charge in [0, 0.05) is 19.4 Å². The van der Waals surface area contributed by atoms with Gasteiger partial charge in [-0.15, -0.1) is 5.10 Å². The molecule has 0 unspecified atom stereocenters. The fourth-order valence-electron chi connectivity index (χ4n) is 1.23. The van der Waals surface area contributed by atoms with Crippen LogP contribution >= 0.6 is 11.6 Å². The summed E-state index contributed by atoms with van der Waals surface area (Å²) in [5.41, 5.74) is 0.624. The van der Waals surface area contributed by atoms with Crippen molar-refractivity contribution in [3.63, 3.8) is 0 Å². The number of aromatic nitrogens is 4. The maximum atomic E-state index is 11.5. The van der Waals surface area contributed by atoms with Gasteiger partial charge in [-0.3, -0.25) is 4.57 Å². The molecule has 0 aliphatic carbocycles. The van der Waals surface area contributed by atoms with Gasteiger partial charge in [-0.2, -0.15) is 5.10 Å². The van der Waals surface area contributed by atoms with Crippen LogP contribution in [0.5, 0.6) is 0 Å². The molecule has 0 radical (unpaired) electrons. The molecule has 2 heterocycles. The predicted molar refractivity (Wildman–Crippen MR) is 55.8 cm³/mol. The molecule has 78 valence electrons. The van der Waals surface area contributed by atoms with Crippen LogP contribution in [0.15, 0.2) is 29.3 Å². The summed E-state index contributed by atoms with van der Waals surface area (Å²) >= 11 is 5.60. The van der Waals surface area contributed by atoms with Crippen molar-refractivity contribution in [1.29, 1.82) is 0 Å². The number of nitrogens with zero attached hydrogens (tertiary/aromatic N) is 4. The maximum absolute atomic E-state index is 11.5. The second kappa shape index (κ2) is 3.86.